The average Bonchev–Trinajstić information content (AvgIpc) is 2.51. The largest absolute Gasteiger partial charge is 0.508 e. The molecule has 1 aliphatic heterocycles. The van der Waals surface area contributed by atoms with Crippen molar-refractivity contribution < 1.29 is 14.4 Å². The number of nitrogens with two attached hydrogens (primary N) is 1. The highest BCUT2D eigenvalue weighted by atomic mass is 16.7. The van der Waals surface area contributed by atoms with Gasteiger partial charge in [-0.2, -0.15) is 0 Å². The van der Waals surface area contributed by atoms with Crippen molar-refractivity contribution in [1.82, 2.24) is 0 Å². The Morgan fingerprint density at radius 2 is 1.58 bits per heavy atom. The summed E-state index contributed by atoms with van der Waals surface area (Å²) >= 11 is 0. The van der Waals surface area contributed by atoms with Crippen LogP contribution in [-0.4, -0.2) is 29.4 Å². The van der Waals surface area contributed by atoms with Crippen molar-refractivity contribution in [2.45, 2.75) is 51.3 Å². The Hall–Kier alpha value is -1.04. The Kier molecular flexibility index (Phi) is 3.64. The zero-order valence-corrected chi connectivity index (χ0v) is 12.0. The minimum absolute atomic E-state index is 0.231. The Labute approximate surface area is 115 Å². The van der Waals surface area contributed by atoms with Crippen LogP contribution in [0.25, 0.3) is 0 Å². The van der Waals surface area contributed by atoms with Gasteiger partial charge in [-0.05, 0) is 51.8 Å². The minimum atomic E-state index is -0.404. The molecule has 0 saturated carbocycles. The third kappa shape index (κ3) is 2.94. The Balaban J connectivity index is 2.02. The van der Waals surface area contributed by atoms with Gasteiger partial charge in [-0.1, -0.05) is 12.1 Å². The third-order valence-corrected chi connectivity index (χ3v) is 4.03. The first-order chi connectivity index (χ1) is 8.71. The first kappa shape index (κ1) is 14.4. The van der Waals surface area contributed by atoms with E-state index in [0.29, 0.717) is 6.42 Å². The zero-order valence-electron chi connectivity index (χ0n) is 12.0. The molecule has 104 valence electrons. The van der Waals surface area contributed by atoms with E-state index in [9.17, 15) is 5.11 Å². The van der Waals surface area contributed by atoms with Gasteiger partial charge in [0, 0.05) is 5.94 Å². The molecule has 0 bridgehead atoms. The summed E-state index contributed by atoms with van der Waals surface area (Å²) in [6.07, 6.45) is 0.650. The van der Waals surface area contributed by atoms with Crippen LogP contribution in [0.3, 0.4) is 0 Å². The van der Waals surface area contributed by atoms with Gasteiger partial charge in [-0.15, -0.1) is 0 Å². The first-order valence-electron chi connectivity index (χ1n) is 6.60. The van der Waals surface area contributed by atoms with E-state index in [-0.39, 0.29) is 22.9 Å². The third-order valence-electron chi connectivity index (χ3n) is 4.03. The standard InChI is InChI=1S/C14H22BNO3/c1-13(2)14(3,4)19-15(18-13)12(16)9-10-5-7-11(17)8-6-10/h5-8,12,17H,9,16H2,1-4H3/t12-/m0/s1. The molecule has 0 aliphatic carbocycles. The maximum absolute atomic E-state index is 9.26. The van der Waals surface area contributed by atoms with Crippen molar-refractivity contribution in [3.8, 4) is 5.75 Å². The molecule has 19 heavy (non-hydrogen) atoms. The molecular weight excluding hydrogens is 241 g/mol. The zero-order chi connectivity index (χ0) is 14.3. The highest BCUT2D eigenvalue weighted by Crippen LogP contribution is 2.37. The highest BCUT2D eigenvalue weighted by Gasteiger charge is 2.52. The van der Waals surface area contributed by atoms with E-state index in [1.165, 1.54) is 0 Å². The molecule has 0 amide bonds. The van der Waals surface area contributed by atoms with Crippen LogP contribution in [-0.2, 0) is 15.7 Å². The van der Waals surface area contributed by atoms with Gasteiger partial charge < -0.3 is 20.1 Å². The molecule has 1 aromatic rings. The molecule has 0 spiro atoms. The van der Waals surface area contributed by atoms with Gasteiger partial charge >= 0.3 is 7.12 Å². The molecule has 1 saturated heterocycles. The topological polar surface area (TPSA) is 64.7 Å². The minimum Gasteiger partial charge on any atom is -0.508 e. The van der Waals surface area contributed by atoms with Crippen molar-refractivity contribution in [2.75, 3.05) is 0 Å². The molecule has 1 atom stereocenters. The van der Waals surface area contributed by atoms with E-state index in [1.54, 1.807) is 12.1 Å². The molecule has 1 heterocycles. The summed E-state index contributed by atoms with van der Waals surface area (Å²) < 4.78 is 11.9. The Morgan fingerprint density at radius 3 is 2.05 bits per heavy atom. The van der Waals surface area contributed by atoms with Gasteiger partial charge in [-0.25, -0.2) is 0 Å². The summed E-state index contributed by atoms with van der Waals surface area (Å²) in [6.45, 7) is 8.06. The quantitative estimate of drug-likeness (QED) is 0.817. The summed E-state index contributed by atoms with van der Waals surface area (Å²) in [7, 11) is -0.404. The lowest BCUT2D eigenvalue weighted by molar-refractivity contribution is 0.00578. The van der Waals surface area contributed by atoms with Crippen LogP contribution in [0, 0.1) is 0 Å². The number of phenols is 1. The molecule has 1 aliphatic rings. The molecule has 0 aromatic heterocycles. The van der Waals surface area contributed by atoms with E-state index < -0.39 is 7.12 Å². The van der Waals surface area contributed by atoms with Gasteiger partial charge in [0.15, 0.2) is 0 Å². The number of rotatable bonds is 3. The van der Waals surface area contributed by atoms with Gasteiger partial charge in [-0.3, -0.25) is 0 Å². The number of hydrogen-bond donors (Lipinski definition) is 2. The van der Waals surface area contributed by atoms with Crippen LogP contribution in [0.5, 0.6) is 5.75 Å². The number of benzene rings is 1. The smallest absolute Gasteiger partial charge is 0.476 e. The van der Waals surface area contributed by atoms with E-state index >= 15 is 0 Å². The molecule has 1 aromatic carbocycles. The van der Waals surface area contributed by atoms with E-state index in [4.69, 9.17) is 15.0 Å². The monoisotopic (exact) mass is 263 g/mol. The molecule has 2 rings (SSSR count). The Morgan fingerprint density at radius 1 is 1.11 bits per heavy atom. The van der Waals surface area contributed by atoms with Crippen molar-refractivity contribution >= 4 is 7.12 Å². The molecule has 0 unspecified atom stereocenters. The normalized spacial score (nSPS) is 22.5. The van der Waals surface area contributed by atoms with Crippen LogP contribution in [0.2, 0.25) is 0 Å². The fourth-order valence-electron chi connectivity index (χ4n) is 2.06. The van der Waals surface area contributed by atoms with Gasteiger partial charge in [0.1, 0.15) is 5.75 Å². The molecule has 0 radical (unpaired) electrons. The lowest BCUT2D eigenvalue weighted by atomic mass is 9.75. The molecule has 1 fully saturated rings. The first-order valence-corrected chi connectivity index (χ1v) is 6.60. The summed E-state index contributed by atoms with van der Waals surface area (Å²) in [5.41, 5.74) is 6.52. The lowest BCUT2D eigenvalue weighted by Gasteiger charge is -2.32. The maximum Gasteiger partial charge on any atom is 0.476 e. The predicted octanol–water partition coefficient (Wildman–Crippen LogP) is 1.89. The van der Waals surface area contributed by atoms with E-state index in [1.807, 2.05) is 39.8 Å². The number of phenolic OH excluding ortho intramolecular Hbond substituents is 1. The molecule has 4 nitrogen and oxygen atoms in total. The second-order valence-electron chi connectivity index (χ2n) is 6.16. The van der Waals surface area contributed by atoms with Crippen LogP contribution in [0.1, 0.15) is 33.3 Å². The predicted molar refractivity (Wildman–Crippen MR) is 75.9 cm³/mol. The van der Waals surface area contributed by atoms with E-state index in [2.05, 4.69) is 0 Å². The van der Waals surface area contributed by atoms with Crippen LogP contribution in [0.4, 0.5) is 0 Å². The summed E-state index contributed by atoms with van der Waals surface area (Å²) in [5.74, 6) is 0.0264. The van der Waals surface area contributed by atoms with Gasteiger partial charge in [0.25, 0.3) is 0 Å². The average molecular weight is 263 g/mol. The van der Waals surface area contributed by atoms with E-state index in [0.717, 1.165) is 5.56 Å². The highest BCUT2D eigenvalue weighted by molar-refractivity contribution is 6.47. The van der Waals surface area contributed by atoms with Gasteiger partial charge in [0.05, 0.1) is 11.2 Å². The summed E-state index contributed by atoms with van der Waals surface area (Å²) in [4.78, 5) is 0. The fourth-order valence-corrected chi connectivity index (χ4v) is 2.06. The SMILES string of the molecule is CC1(C)OB([C@@H](N)Cc2ccc(O)cc2)OC1(C)C. The van der Waals surface area contributed by atoms with Crippen molar-refractivity contribution in [3.63, 3.8) is 0 Å². The van der Waals surface area contributed by atoms with Crippen molar-refractivity contribution in [1.29, 1.82) is 0 Å². The van der Waals surface area contributed by atoms with Crippen molar-refractivity contribution in [3.05, 3.63) is 29.8 Å². The lowest BCUT2D eigenvalue weighted by Crippen LogP contribution is -2.43. The maximum atomic E-state index is 9.26. The second kappa shape index (κ2) is 4.82. The van der Waals surface area contributed by atoms with Crippen LogP contribution < -0.4 is 5.73 Å². The van der Waals surface area contributed by atoms with Crippen LogP contribution >= 0.6 is 0 Å². The summed E-state index contributed by atoms with van der Waals surface area (Å²) in [5, 5.41) is 9.26. The van der Waals surface area contributed by atoms with Gasteiger partial charge in [0.2, 0.25) is 0 Å². The number of hydrogen-bond acceptors (Lipinski definition) is 4. The molecule has 3 N–H and O–H groups in total. The number of aromatic hydroxyl groups is 1. The fraction of sp³-hybridized carbons (Fsp3) is 0.571. The molecule has 5 heteroatoms. The second-order valence-corrected chi connectivity index (χ2v) is 6.16. The molecular formula is C14H22BNO3. The Bertz CT molecular complexity index is 429. The summed E-state index contributed by atoms with van der Waals surface area (Å²) in [6, 6.07) is 7.04. The van der Waals surface area contributed by atoms with Crippen LogP contribution in [0.15, 0.2) is 24.3 Å². The van der Waals surface area contributed by atoms with Crippen molar-refractivity contribution in [2.24, 2.45) is 5.73 Å².